The van der Waals surface area contributed by atoms with Crippen molar-refractivity contribution in [1.82, 2.24) is 14.6 Å². The highest BCUT2D eigenvalue weighted by atomic mass is 16.3. The lowest BCUT2D eigenvalue weighted by Crippen LogP contribution is -2.25. The molecule has 0 aliphatic heterocycles. The van der Waals surface area contributed by atoms with Gasteiger partial charge in [0, 0.05) is 18.0 Å². The van der Waals surface area contributed by atoms with Crippen LogP contribution in [0.5, 0.6) is 0 Å². The van der Waals surface area contributed by atoms with Crippen LogP contribution in [0.15, 0.2) is 24.7 Å². The van der Waals surface area contributed by atoms with Gasteiger partial charge in [0.15, 0.2) is 5.65 Å². The lowest BCUT2D eigenvalue weighted by Gasteiger charge is -2.14. The molecule has 7 heteroatoms. The number of primary amides is 1. The van der Waals surface area contributed by atoms with Crippen LogP contribution in [0.2, 0.25) is 0 Å². The van der Waals surface area contributed by atoms with E-state index in [1.165, 1.54) is 10.7 Å². The van der Waals surface area contributed by atoms with Crippen LogP contribution in [0.25, 0.3) is 5.65 Å². The standard InChI is InChI=1S/C10H12N4O3/c11-8(16)4-7(15)9(17)6-5-13-14-3-1-2-12-10(6)14/h1-3,5,7,9,15,17H,4H2,(H2,11,16). The van der Waals surface area contributed by atoms with Crippen molar-refractivity contribution in [2.75, 3.05) is 0 Å². The second-order valence-corrected chi connectivity index (χ2v) is 3.67. The van der Waals surface area contributed by atoms with Gasteiger partial charge in [-0.1, -0.05) is 0 Å². The summed E-state index contributed by atoms with van der Waals surface area (Å²) in [4.78, 5) is 14.7. The zero-order valence-corrected chi connectivity index (χ0v) is 8.89. The third kappa shape index (κ3) is 2.24. The first kappa shape index (κ1) is 11.5. The predicted molar refractivity (Wildman–Crippen MR) is 57.8 cm³/mol. The van der Waals surface area contributed by atoms with Crippen LogP contribution in [-0.4, -0.2) is 36.8 Å². The summed E-state index contributed by atoms with van der Waals surface area (Å²) in [5, 5.41) is 23.4. The van der Waals surface area contributed by atoms with Crippen LogP contribution in [0.1, 0.15) is 18.1 Å². The fourth-order valence-corrected chi connectivity index (χ4v) is 1.58. The molecule has 2 atom stereocenters. The molecular formula is C10H12N4O3. The molecule has 0 bridgehead atoms. The molecule has 0 fully saturated rings. The molecule has 2 rings (SSSR count). The van der Waals surface area contributed by atoms with Crippen LogP contribution in [0, 0.1) is 0 Å². The average molecular weight is 236 g/mol. The average Bonchev–Trinajstić information content (AvgIpc) is 2.70. The highest BCUT2D eigenvalue weighted by Gasteiger charge is 2.23. The maximum absolute atomic E-state index is 10.7. The predicted octanol–water partition coefficient (Wildman–Crippen LogP) is -1.00. The topological polar surface area (TPSA) is 114 Å². The van der Waals surface area contributed by atoms with Crippen molar-refractivity contribution in [2.24, 2.45) is 5.73 Å². The van der Waals surface area contributed by atoms with E-state index in [9.17, 15) is 15.0 Å². The minimum atomic E-state index is -1.26. The smallest absolute Gasteiger partial charge is 0.220 e. The molecule has 7 nitrogen and oxygen atoms in total. The van der Waals surface area contributed by atoms with E-state index in [4.69, 9.17) is 5.73 Å². The SMILES string of the molecule is NC(=O)CC(O)C(O)c1cnn2cccnc12. The van der Waals surface area contributed by atoms with Crippen molar-refractivity contribution in [1.29, 1.82) is 0 Å². The molecule has 4 N–H and O–H groups in total. The van der Waals surface area contributed by atoms with E-state index in [2.05, 4.69) is 10.1 Å². The largest absolute Gasteiger partial charge is 0.390 e. The van der Waals surface area contributed by atoms with Crippen LogP contribution >= 0.6 is 0 Å². The summed E-state index contributed by atoms with van der Waals surface area (Å²) >= 11 is 0. The second-order valence-electron chi connectivity index (χ2n) is 3.67. The van der Waals surface area contributed by atoms with Crippen LogP contribution in [0.3, 0.4) is 0 Å². The van der Waals surface area contributed by atoms with E-state index in [1.54, 1.807) is 18.5 Å². The maximum Gasteiger partial charge on any atom is 0.220 e. The number of hydrogen-bond acceptors (Lipinski definition) is 5. The number of carbonyl (C=O) groups is 1. The molecule has 2 unspecified atom stereocenters. The first-order chi connectivity index (χ1) is 8.09. The summed E-state index contributed by atoms with van der Waals surface area (Å²) in [5.41, 5.74) is 5.75. The zero-order chi connectivity index (χ0) is 12.4. The lowest BCUT2D eigenvalue weighted by atomic mass is 10.0. The third-order valence-corrected chi connectivity index (χ3v) is 2.40. The van der Waals surface area contributed by atoms with Gasteiger partial charge in [0.1, 0.15) is 6.10 Å². The van der Waals surface area contributed by atoms with Gasteiger partial charge in [-0.25, -0.2) is 9.50 Å². The Kier molecular flexibility index (Phi) is 3.03. The number of amides is 1. The van der Waals surface area contributed by atoms with Gasteiger partial charge in [0.25, 0.3) is 0 Å². The van der Waals surface area contributed by atoms with Crippen LogP contribution < -0.4 is 5.73 Å². The van der Waals surface area contributed by atoms with E-state index in [0.717, 1.165) is 0 Å². The Bertz CT molecular complexity index is 539. The molecule has 2 aromatic heterocycles. The molecule has 0 radical (unpaired) electrons. The van der Waals surface area contributed by atoms with Crippen molar-refractivity contribution in [3.63, 3.8) is 0 Å². The summed E-state index contributed by atoms with van der Waals surface area (Å²) in [6.07, 6.45) is 1.80. The normalized spacial score (nSPS) is 14.7. The van der Waals surface area contributed by atoms with Crippen molar-refractivity contribution < 1.29 is 15.0 Å². The lowest BCUT2D eigenvalue weighted by molar-refractivity contribution is -0.121. The number of fused-ring (bicyclic) bond motifs is 1. The van der Waals surface area contributed by atoms with E-state index in [0.29, 0.717) is 11.2 Å². The molecular weight excluding hydrogens is 224 g/mol. The van der Waals surface area contributed by atoms with Gasteiger partial charge in [0.05, 0.1) is 18.7 Å². The molecule has 0 spiro atoms. The molecule has 0 saturated carbocycles. The highest BCUT2D eigenvalue weighted by molar-refractivity contribution is 5.74. The van der Waals surface area contributed by atoms with Gasteiger partial charge in [-0.3, -0.25) is 4.79 Å². The molecule has 0 aliphatic rings. The quantitative estimate of drug-likeness (QED) is 0.630. The van der Waals surface area contributed by atoms with E-state index in [1.807, 2.05) is 0 Å². The number of nitrogens with zero attached hydrogens (tertiary/aromatic N) is 3. The number of aromatic nitrogens is 3. The van der Waals surface area contributed by atoms with Gasteiger partial charge >= 0.3 is 0 Å². The number of nitrogens with two attached hydrogens (primary N) is 1. The number of hydrogen-bond donors (Lipinski definition) is 3. The van der Waals surface area contributed by atoms with Gasteiger partial charge in [0.2, 0.25) is 5.91 Å². The Balaban J connectivity index is 2.30. The first-order valence-electron chi connectivity index (χ1n) is 5.02. The van der Waals surface area contributed by atoms with Gasteiger partial charge < -0.3 is 15.9 Å². The maximum atomic E-state index is 10.7. The molecule has 1 amide bonds. The Hall–Kier alpha value is -1.99. The summed E-state index contributed by atoms with van der Waals surface area (Å²) in [5.74, 6) is -0.680. The number of aliphatic hydroxyl groups excluding tert-OH is 2. The molecule has 0 aromatic carbocycles. The van der Waals surface area contributed by atoms with E-state index >= 15 is 0 Å². The minimum Gasteiger partial charge on any atom is -0.390 e. The highest BCUT2D eigenvalue weighted by Crippen LogP contribution is 2.21. The number of rotatable bonds is 4. The van der Waals surface area contributed by atoms with Gasteiger partial charge in [-0.05, 0) is 6.07 Å². The third-order valence-electron chi connectivity index (χ3n) is 2.40. The molecule has 0 aliphatic carbocycles. The summed E-state index contributed by atoms with van der Waals surface area (Å²) in [6.45, 7) is 0. The van der Waals surface area contributed by atoms with E-state index < -0.39 is 18.1 Å². The fourth-order valence-electron chi connectivity index (χ4n) is 1.58. The fraction of sp³-hybridized carbons (Fsp3) is 0.300. The van der Waals surface area contributed by atoms with Crippen molar-refractivity contribution >= 4 is 11.6 Å². The Labute approximate surface area is 96.5 Å². The zero-order valence-electron chi connectivity index (χ0n) is 8.89. The number of carbonyl (C=O) groups excluding carboxylic acids is 1. The Morgan fingerprint density at radius 3 is 3.00 bits per heavy atom. The molecule has 90 valence electrons. The summed E-state index contributed by atoms with van der Waals surface area (Å²) < 4.78 is 1.47. The van der Waals surface area contributed by atoms with Gasteiger partial charge in [-0.2, -0.15) is 5.10 Å². The van der Waals surface area contributed by atoms with Crippen LogP contribution in [0.4, 0.5) is 0 Å². The monoisotopic (exact) mass is 236 g/mol. The van der Waals surface area contributed by atoms with E-state index in [-0.39, 0.29) is 6.42 Å². The van der Waals surface area contributed by atoms with Crippen molar-refractivity contribution in [3.8, 4) is 0 Å². The molecule has 17 heavy (non-hydrogen) atoms. The Morgan fingerprint density at radius 2 is 2.29 bits per heavy atom. The number of aliphatic hydroxyl groups is 2. The second kappa shape index (κ2) is 4.48. The first-order valence-corrected chi connectivity index (χ1v) is 5.02. The summed E-state index contributed by atoms with van der Waals surface area (Å²) in [7, 11) is 0. The van der Waals surface area contributed by atoms with Crippen molar-refractivity contribution in [2.45, 2.75) is 18.6 Å². The van der Waals surface area contributed by atoms with Crippen LogP contribution in [-0.2, 0) is 4.79 Å². The Morgan fingerprint density at radius 1 is 1.53 bits per heavy atom. The minimum absolute atomic E-state index is 0.314. The molecule has 0 saturated heterocycles. The molecule has 2 aromatic rings. The van der Waals surface area contributed by atoms with Gasteiger partial charge in [-0.15, -0.1) is 0 Å². The van der Waals surface area contributed by atoms with Crippen molar-refractivity contribution in [3.05, 3.63) is 30.2 Å². The molecule has 2 heterocycles. The summed E-state index contributed by atoms with van der Waals surface area (Å²) in [6, 6.07) is 1.69.